The maximum Gasteiger partial charge on any atom is 0.240 e. The lowest BCUT2D eigenvalue weighted by Gasteiger charge is -2.28. The van der Waals surface area contributed by atoms with Crippen LogP contribution < -0.4 is 4.72 Å². The molecule has 4 rings (SSSR count). The van der Waals surface area contributed by atoms with E-state index < -0.39 is 20.0 Å². The van der Waals surface area contributed by atoms with Crippen molar-refractivity contribution in [2.24, 2.45) is 0 Å². The Balaban J connectivity index is 1.39. The fourth-order valence-electron chi connectivity index (χ4n) is 3.83. The van der Waals surface area contributed by atoms with Crippen LogP contribution in [0, 0.1) is 0 Å². The van der Waals surface area contributed by atoms with Crippen LogP contribution in [-0.2, 0) is 24.8 Å². The molecule has 10 nitrogen and oxygen atoms in total. The summed E-state index contributed by atoms with van der Waals surface area (Å²) in [5, 5.41) is 4.01. The van der Waals surface area contributed by atoms with Gasteiger partial charge >= 0.3 is 0 Å². The van der Waals surface area contributed by atoms with Gasteiger partial charge in [-0.25, -0.2) is 25.9 Å². The Morgan fingerprint density at radius 1 is 1.10 bits per heavy atom. The van der Waals surface area contributed by atoms with Crippen molar-refractivity contribution in [3.8, 4) is 11.4 Å². The van der Waals surface area contributed by atoms with Crippen LogP contribution in [0.1, 0.15) is 37.5 Å². The van der Waals surface area contributed by atoms with Crippen molar-refractivity contribution in [1.82, 2.24) is 19.2 Å². The van der Waals surface area contributed by atoms with Crippen molar-refractivity contribution < 1.29 is 26.1 Å². The molecule has 0 aliphatic carbocycles. The smallest absolute Gasteiger partial charge is 0.240 e. The number of ether oxygens (including phenoxy) is 1. The van der Waals surface area contributed by atoms with Crippen LogP contribution in [-0.4, -0.2) is 69.9 Å². The molecule has 2 aromatic rings. The first-order valence-electron chi connectivity index (χ1n) is 10.2. The lowest BCUT2D eigenvalue weighted by molar-refractivity contribution is 0.114. The predicted molar refractivity (Wildman–Crippen MR) is 112 cm³/mol. The van der Waals surface area contributed by atoms with E-state index in [-0.39, 0.29) is 23.5 Å². The summed E-state index contributed by atoms with van der Waals surface area (Å²) in [5.41, 5.74) is 0.640. The number of aromatic nitrogens is 2. The first kappa shape index (κ1) is 22.3. The second kappa shape index (κ2) is 8.94. The highest BCUT2D eigenvalue weighted by Gasteiger charge is 2.29. The monoisotopic (exact) mass is 470 g/mol. The summed E-state index contributed by atoms with van der Waals surface area (Å²) in [4.78, 5) is 4.60. The van der Waals surface area contributed by atoms with E-state index in [1.165, 1.54) is 22.7 Å². The quantitative estimate of drug-likeness (QED) is 0.641. The summed E-state index contributed by atoms with van der Waals surface area (Å²) in [6.45, 7) is 1.78. The minimum Gasteiger partial charge on any atom is -0.377 e. The number of nitrogens with one attached hydrogen (secondary N) is 1. The largest absolute Gasteiger partial charge is 0.377 e. The zero-order valence-electron chi connectivity index (χ0n) is 17.2. The van der Waals surface area contributed by atoms with Gasteiger partial charge in [0, 0.05) is 37.7 Å². The summed E-state index contributed by atoms with van der Waals surface area (Å²) in [6.07, 6.45) is 4.17. The third kappa shape index (κ3) is 5.32. The van der Waals surface area contributed by atoms with Crippen LogP contribution >= 0.6 is 0 Å². The number of hydrogen-bond acceptors (Lipinski definition) is 8. The minimum absolute atomic E-state index is 0.000840. The molecular formula is C19H26N4O6S2. The van der Waals surface area contributed by atoms with Gasteiger partial charge in [-0.1, -0.05) is 5.16 Å². The third-order valence-corrected chi connectivity index (χ3v) is 8.40. The molecule has 0 bridgehead atoms. The van der Waals surface area contributed by atoms with E-state index in [0.29, 0.717) is 49.8 Å². The second-order valence-electron chi connectivity index (χ2n) is 7.90. The number of rotatable bonds is 7. The van der Waals surface area contributed by atoms with Gasteiger partial charge in [-0.2, -0.15) is 4.98 Å². The minimum atomic E-state index is -3.62. The standard InChI is InChI=1S/C19H26N4O6S2/c1-30(24,25)23-10-8-15(9-11-23)19-21-18(22-29-19)14-4-6-17(7-5-14)31(26,27)20-13-16-3-2-12-28-16/h4-7,15-16,20H,2-3,8-13H2,1H3/t16-/m1/s1. The first-order chi connectivity index (χ1) is 14.7. The molecule has 31 heavy (non-hydrogen) atoms. The normalized spacial score (nSPS) is 21.5. The molecule has 2 fully saturated rings. The third-order valence-electron chi connectivity index (χ3n) is 5.66. The molecule has 170 valence electrons. The Morgan fingerprint density at radius 3 is 2.42 bits per heavy atom. The summed E-state index contributed by atoms with van der Waals surface area (Å²) in [6, 6.07) is 6.30. The molecule has 1 N–H and O–H groups in total. The number of benzene rings is 1. The Labute approximate surface area is 182 Å². The van der Waals surface area contributed by atoms with E-state index >= 15 is 0 Å². The molecule has 0 unspecified atom stereocenters. The van der Waals surface area contributed by atoms with Gasteiger partial charge in [-0.3, -0.25) is 0 Å². The van der Waals surface area contributed by atoms with Crippen LogP contribution in [0.5, 0.6) is 0 Å². The second-order valence-corrected chi connectivity index (χ2v) is 11.7. The Morgan fingerprint density at radius 2 is 1.81 bits per heavy atom. The Kier molecular flexibility index (Phi) is 6.44. The van der Waals surface area contributed by atoms with Crippen molar-refractivity contribution in [2.45, 2.75) is 42.6 Å². The fourth-order valence-corrected chi connectivity index (χ4v) is 5.77. The summed E-state index contributed by atoms with van der Waals surface area (Å²) >= 11 is 0. The van der Waals surface area contributed by atoms with E-state index in [9.17, 15) is 16.8 Å². The van der Waals surface area contributed by atoms with E-state index in [1.54, 1.807) is 12.1 Å². The summed E-state index contributed by atoms with van der Waals surface area (Å²) in [7, 11) is -6.81. The molecule has 0 saturated carbocycles. The Hall–Kier alpha value is -1.86. The highest BCUT2D eigenvalue weighted by Crippen LogP contribution is 2.29. The molecular weight excluding hydrogens is 444 g/mol. The number of hydrogen-bond donors (Lipinski definition) is 1. The molecule has 0 spiro atoms. The molecule has 0 amide bonds. The molecule has 2 aliphatic rings. The highest BCUT2D eigenvalue weighted by atomic mass is 32.2. The van der Waals surface area contributed by atoms with Gasteiger partial charge in [0.25, 0.3) is 0 Å². The average molecular weight is 471 g/mol. The van der Waals surface area contributed by atoms with E-state index in [1.807, 2.05) is 0 Å². The van der Waals surface area contributed by atoms with Gasteiger partial charge in [-0.15, -0.1) is 0 Å². The highest BCUT2D eigenvalue weighted by molar-refractivity contribution is 7.89. The zero-order chi connectivity index (χ0) is 22.1. The van der Waals surface area contributed by atoms with Crippen molar-refractivity contribution in [1.29, 1.82) is 0 Å². The summed E-state index contributed by atoms with van der Waals surface area (Å²) < 4.78 is 63.1. The number of piperidine rings is 1. The van der Waals surface area contributed by atoms with Gasteiger partial charge in [0.05, 0.1) is 17.3 Å². The average Bonchev–Trinajstić information content (AvgIpc) is 3.44. The topological polar surface area (TPSA) is 132 Å². The SMILES string of the molecule is CS(=O)(=O)N1CCC(c2nc(-c3ccc(S(=O)(=O)NC[C@H]4CCCO4)cc3)no2)CC1. The number of sulfonamides is 2. The molecule has 1 atom stereocenters. The van der Waals surface area contributed by atoms with Crippen LogP contribution in [0.4, 0.5) is 0 Å². The number of nitrogens with zero attached hydrogens (tertiary/aromatic N) is 3. The maximum atomic E-state index is 12.5. The van der Waals surface area contributed by atoms with Gasteiger partial charge < -0.3 is 9.26 Å². The fraction of sp³-hybridized carbons (Fsp3) is 0.579. The summed E-state index contributed by atoms with van der Waals surface area (Å²) in [5.74, 6) is 0.843. The van der Waals surface area contributed by atoms with E-state index in [0.717, 1.165) is 12.8 Å². The van der Waals surface area contributed by atoms with Crippen molar-refractivity contribution >= 4 is 20.0 Å². The van der Waals surface area contributed by atoms with Crippen molar-refractivity contribution in [3.63, 3.8) is 0 Å². The van der Waals surface area contributed by atoms with E-state index in [2.05, 4.69) is 14.9 Å². The lowest BCUT2D eigenvalue weighted by Crippen LogP contribution is -2.37. The van der Waals surface area contributed by atoms with Crippen LogP contribution in [0.15, 0.2) is 33.7 Å². The van der Waals surface area contributed by atoms with Crippen LogP contribution in [0.25, 0.3) is 11.4 Å². The van der Waals surface area contributed by atoms with Gasteiger partial charge in [-0.05, 0) is 49.9 Å². The molecule has 2 aliphatic heterocycles. The molecule has 1 aromatic carbocycles. The maximum absolute atomic E-state index is 12.5. The van der Waals surface area contributed by atoms with Gasteiger partial charge in [0.1, 0.15) is 0 Å². The molecule has 2 saturated heterocycles. The lowest BCUT2D eigenvalue weighted by atomic mass is 9.98. The van der Waals surface area contributed by atoms with E-state index in [4.69, 9.17) is 9.26 Å². The zero-order valence-corrected chi connectivity index (χ0v) is 18.9. The van der Waals surface area contributed by atoms with Crippen LogP contribution in [0.2, 0.25) is 0 Å². The van der Waals surface area contributed by atoms with Crippen molar-refractivity contribution in [2.75, 3.05) is 32.5 Å². The Bertz CT molecular complexity index is 1100. The van der Waals surface area contributed by atoms with Gasteiger partial charge in [0.15, 0.2) is 0 Å². The molecule has 1 aromatic heterocycles. The van der Waals surface area contributed by atoms with Crippen LogP contribution in [0.3, 0.4) is 0 Å². The molecule has 12 heteroatoms. The first-order valence-corrected chi connectivity index (χ1v) is 13.6. The predicted octanol–water partition coefficient (Wildman–Crippen LogP) is 1.33. The van der Waals surface area contributed by atoms with Gasteiger partial charge in [0.2, 0.25) is 31.8 Å². The molecule has 0 radical (unpaired) electrons. The van der Waals surface area contributed by atoms with Crippen molar-refractivity contribution in [3.05, 3.63) is 30.2 Å². The molecule has 3 heterocycles.